The lowest BCUT2D eigenvalue weighted by atomic mass is 9.82. The van der Waals surface area contributed by atoms with Crippen LogP contribution in [0.1, 0.15) is 193 Å². The van der Waals surface area contributed by atoms with E-state index in [0.29, 0.717) is 116 Å². The van der Waals surface area contributed by atoms with Crippen molar-refractivity contribution in [2.24, 2.45) is 28.2 Å². The number of pyridine rings is 7. The topological polar surface area (TPSA) is 107 Å². The van der Waals surface area contributed by atoms with Gasteiger partial charge in [-0.1, -0.05) is 176 Å². The summed E-state index contributed by atoms with van der Waals surface area (Å²) in [6, 6.07) is 55.2. The van der Waals surface area contributed by atoms with Gasteiger partial charge in [0.2, 0.25) is 22.8 Å². The molecule has 4 aliphatic rings. The third kappa shape index (κ3) is 11.4. The number of hydrogen-bond donors (Lipinski definition) is 0. The molecule has 4 aliphatic carbocycles. The minimum Gasteiger partial charge on any atom is -0.455 e. The summed E-state index contributed by atoms with van der Waals surface area (Å²) in [7, 11) is 7.09. The molecule has 0 unspecified atom stereocenters. The SMILES string of the molecule is [2H]C([2H])([2H])c1ccc(-c2c(C)ccc3c2oc2c4c(ccc23)C(C([2H])([2H])[2H])(C([2H])([2H])[2H])c2ccncc2-4)[n+](C)c1.[2H]C([2H])([2H])c1ccc(-c2c(C)ccc3c2oc2c4c(ccc23)C(C([2H])([2H])[2H])(C([2H])([2H])[2H])c2cnccc2-4)[n+](C)c1.[2H]C([2H])([2H])c1ccc(-c2c(C)ccc3c2oc2c4c(ccc23)C(C([2H])([2H])[2H])(C([2H])([2H])[2H])c2ncccc2-4)[n+](C)c1.[2H]C([2H])([2H])c1ccc(-c2c(C)ccc3c2oc2ccc4c(c23)-c2ccccc2C4(C([2H])([2H])[2H])C([2H])([2H])[2H])[n+](C)c1. The number of nitrogens with zero attached hydrogens (tertiary/aromatic N) is 7. The molecule has 608 valence electrons. The molecule has 20 aromatic rings. The van der Waals surface area contributed by atoms with Crippen LogP contribution in [0.5, 0.6) is 0 Å². The van der Waals surface area contributed by atoms with Gasteiger partial charge in [0.15, 0.2) is 24.8 Å². The molecule has 11 heterocycles. The third-order valence-corrected chi connectivity index (χ3v) is 25.3. The molecule has 0 bridgehead atoms. The maximum absolute atomic E-state index is 8.49. The summed E-state index contributed by atoms with van der Waals surface area (Å²) in [4.78, 5) is 12.6. The Balaban J connectivity index is 0.000000123. The first-order chi connectivity index (χ1) is 74.3. The van der Waals surface area contributed by atoms with Gasteiger partial charge in [0.25, 0.3) is 0 Å². The van der Waals surface area contributed by atoms with Gasteiger partial charge in [-0.25, -0.2) is 18.3 Å². The Morgan fingerprint density at radius 3 is 1.09 bits per heavy atom. The van der Waals surface area contributed by atoms with E-state index in [0.717, 1.165) is 83.4 Å². The molecule has 0 spiro atoms. The monoisotopic (exact) mass is 1660 g/mol. The lowest BCUT2D eigenvalue weighted by Crippen LogP contribution is -2.31. The van der Waals surface area contributed by atoms with Gasteiger partial charge < -0.3 is 17.7 Å². The normalized spacial score (nSPS) is 19.7. The molecular formula is C113H101N7O4+4. The van der Waals surface area contributed by atoms with Crippen molar-refractivity contribution >= 4 is 87.8 Å². The summed E-state index contributed by atoms with van der Waals surface area (Å²) in [6.45, 7) is -24.4. The molecule has 0 fully saturated rings. The Labute approximate surface area is 773 Å². The van der Waals surface area contributed by atoms with Gasteiger partial charge in [-0.15, -0.1) is 0 Å². The van der Waals surface area contributed by atoms with Crippen molar-refractivity contribution in [3.63, 3.8) is 0 Å². The predicted octanol–water partition coefficient (Wildman–Crippen LogP) is 26.2. The van der Waals surface area contributed by atoms with Gasteiger partial charge in [0.05, 0.1) is 27.9 Å². The highest BCUT2D eigenvalue weighted by Crippen LogP contribution is 2.58. The Morgan fingerprint density at radius 1 is 0.274 bits per heavy atom. The van der Waals surface area contributed by atoms with Crippen molar-refractivity contribution in [2.45, 2.75) is 132 Å². The zero-order valence-corrected chi connectivity index (χ0v) is 68.4. The summed E-state index contributed by atoms with van der Waals surface area (Å²) >= 11 is 0. The lowest BCUT2D eigenvalue weighted by molar-refractivity contribution is -0.660. The Bertz CT molecular complexity index is 8720. The van der Waals surface area contributed by atoms with Crippen LogP contribution in [-0.2, 0) is 49.9 Å². The van der Waals surface area contributed by atoms with Crippen molar-refractivity contribution in [3.05, 3.63) is 339 Å². The van der Waals surface area contributed by atoms with Crippen LogP contribution in [0.2, 0.25) is 0 Å². The number of furan rings is 4. The van der Waals surface area contributed by atoms with Crippen LogP contribution in [0.25, 0.3) is 177 Å². The highest BCUT2D eigenvalue weighted by molar-refractivity contribution is 6.20. The molecule has 0 radical (unpaired) electrons. The summed E-state index contributed by atoms with van der Waals surface area (Å²) < 4.78 is 329. The van der Waals surface area contributed by atoms with Crippen LogP contribution in [0.15, 0.2) is 268 Å². The molecule has 0 amide bonds. The van der Waals surface area contributed by atoms with E-state index in [1.54, 1.807) is 211 Å². The van der Waals surface area contributed by atoms with Crippen LogP contribution in [0.4, 0.5) is 0 Å². The number of aromatic nitrogens is 7. The van der Waals surface area contributed by atoms with E-state index in [9.17, 15) is 0 Å². The van der Waals surface area contributed by atoms with Crippen molar-refractivity contribution < 1.29 is 85.3 Å². The first-order valence-corrected chi connectivity index (χ1v) is 40.3. The Kier molecular flexibility index (Phi) is 10.7. The van der Waals surface area contributed by atoms with Crippen molar-refractivity contribution in [1.82, 2.24) is 15.0 Å². The minimum absolute atomic E-state index is 0.0129. The van der Waals surface area contributed by atoms with Gasteiger partial charge in [-0.05, 0) is 182 Å². The number of rotatable bonds is 4. The van der Waals surface area contributed by atoms with Crippen molar-refractivity contribution in [3.8, 4) is 89.5 Å². The molecule has 124 heavy (non-hydrogen) atoms. The zero-order chi connectivity index (χ0) is 116. The Hall–Kier alpha value is -13.8. The average Bonchev–Trinajstić information content (AvgIpc) is 1.52. The van der Waals surface area contributed by atoms with Gasteiger partial charge >= 0.3 is 0 Å². The van der Waals surface area contributed by atoms with E-state index in [4.69, 9.17) is 67.0 Å². The first kappa shape index (κ1) is 47.6. The van der Waals surface area contributed by atoms with E-state index in [1.807, 2.05) is 76.2 Å². The maximum atomic E-state index is 8.49. The van der Waals surface area contributed by atoms with Crippen LogP contribution in [0, 0.1) is 55.1 Å². The second-order valence-corrected chi connectivity index (χ2v) is 32.8. The maximum Gasteiger partial charge on any atom is 0.216 e. The van der Waals surface area contributed by atoms with E-state index < -0.39 is 104 Å². The smallest absolute Gasteiger partial charge is 0.216 e. The standard InChI is InChI=1S/C29H26NO.3C28H25N2O/c1-17-10-14-23(30(5)16-17)25-18(2)11-12-20-27-24(31-28(20)25)15-13-22-26(27)19-8-6-7-9-21(19)29(22,3)4;1-16-6-11-23(30(5)15-16)24-17(2)7-8-18-19-9-10-22-25(27(19)31-26(18)24)20-14-29-13-12-21(20)28(22,3)4;1-16-6-11-23(30(5)15-16)24-17(2)7-8-18-19-9-10-21-25(27(19)31-26(18)24)20-12-13-29-14-22(20)28(21,3)4;1-16-8-13-22(30(5)15-16)23-17(2)9-10-18-19-11-12-21-24(26(19)31-25(18)23)20-7-6-14-29-27(20)28(21,3)4/h6-16H,1-5H3;3*6-15H,1-5H3/q4*+1/i4*1D3,3D3,4D3. The molecule has 0 aliphatic heterocycles. The van der Waals surface area contributed by atoms with E-state index in [-0.39, 0.29) is 66.9 Å². The summed E-state index contributed by atoms with van der Waals surface area (Å²) in [6.07, 6.45) is 13.5. The molecule has 24 rings (SSSR count). The Morgan fingerprint density at radius 2 is 0.629 bits per heavy atom. The number of aryl methyl sites for hydroxylation is 12. The molecule has 0 N–H and O–H groups in total. The fourth-order valence-corrected chi connectivity index (χ4v) is 19.4. The molecule has 11 nitrogen and oxygen atoms in total. The fourth-order valence-electron chi connectivity index (χ4n) is 19.4. The van der Waals surface area contributed by atoms with Gasteiger partial charge in [-0.3, -0.25) is 15.0 Å². The first-order valence-electron chi connectivity index (χ1n) is 58.3. The van der Waals surface area contributed by atoms with Crippen molar-refractivity contribution in [2.75, 3.05) is 0 Å². The van der Waals surface area contributed by atoms with Crippen LogP contribution in [-0.4, -0.2) is 15.0 Å². The van der Waals surface area contributed by atoms with E-state index >= 15 is 0 Å². The zero-order valence-electron chi connectivity index (χ0n) is 104. The minimum atomic E-state index is -2.92. The highest BCUT2D eigenvalue weighted by atomic mass is 16.3. The molecule has 0 saturated heterocycles. The van der Waals surface area contributed by atoms with Crippen LogP contribution < -0.4 is 18.3 Å². The van der Waals surface area contributed by atoms with E-state index in [2.05, 4.69) is 15.0 Å². The highest BCUT2D eigenvalue weighted by Gasteiger charge is 2.44. The molecule has 11 heteroatoms. The van der Waals surface area contributed by atoms with Gasteiger partial charge in [0.1, 0.15) is 72.9 Å². The molecular weight excluding hydrogens is 1520 g/mol. The second-order valence-electron chi connectivity index (χ2n) is 32.8. The third-order valence-electron chi connectivity index (χ3n) is 25.3. The largest absolute Gasteiger partial charge is 0.455 e. The van der Waals surface area contributed by atoms with Crippen LogP contribution in [0.3, 0.4) is 0 Å². The summed E-state index contributed by atoms with van der Waals surface area (Å²) in [5.74, 6) is 0. The molecule has 0 atom stereocenters. The number of fused-ring (bicyclic) bond motifs is 28. The summed E-state index contributed by atoms with van der Waals surface area (Å²) in [5, 5.41) is 5.80. The number of hydrogen-bond acceptors (Lipinski definition) is 7. The summed E-state index contributed by atoms with van der Waals surface area (Å²) in [5.41, 5.74) is 10.1. The molecule has 11 aromatic heterocycles. The van der Waals surface area contributed by atoms with Crippen molar-refractivity contribution in [1.29, 1.82) is 0 Å². The molecule has 0 saturated carbocycles. The van der Waals surface area contributed by atoms with Gasteiger partial charge in [-0.2, -0.15) is 0 Å². The quantitative estimate of drug-likeness (QED) is 0.162. The van der Waals surface area contributed by atoms with E-state index in [1.165, 1.54) is 37.1 Å². The molecule has 9 aromatic carbocycles. The van der Waals surface area contributed by atoms with Gasteiger partial charge in [0, 0.05) is 219 Å². The predicted molar refractivity (Wildman–Crippen MR) is 503 cm³/mol. The second kappa shape index (κ2) is 27.9. The average molecular weight is 1660 g/mol. The van der Waals surface area contributed by atoms with Crippen LogP contribution >= 0.6 is 0 Å². The fraction of sp³-hybridized carbons (Fsp3) is 0.212. The lowest BCUT2D eigenvalue weighted by Gasteiger charge is -2.21. The number of benzene rings is 9.